The molecule has 0 aromatic heterocycles. The van der Waals surface area contributed by atoms with Crippen molar-refractivity contribution in [2.24, 2.45) is 5.10 Å². The summed E-state index contributed by atoms with van der Waals surface area (Å²) < 4.78 is 15.7. The number of amides is 1. The summed E-state index contributed by atoms with van der Waals surface area (Å²) in [5.41, 5.74) is 4.16. The highest BCUT2D eigenvalue weighted by Crippen LogP contribution is 2.38. The van der Waals surface area contributed by atoms with Crippen molar-refractivity contribution in [3.63, 3.8) is 0 Å². The summed E-state index contributed by atoms with van der Waals surface area (Å²) in [5.74, 6) is 0.539. The lowest BCUT2D eigenvalue weighted by atomic mass is 10.1. The number of aryl methyl sites for hydroxylation is 1. The molecule has 0 aliphatic rings. The van der Waals surface area contributed by atoms with Crippen LogP contribution in [0.25, 0.3) is 0 Å². The zero-order valence-corrected chi connectivity index (χ0v) is 16.2. The van der Waals surface area contributed by atoms with Crippen molar-refractivity contribution in [2.45, 2.75) is 13.8 Å². The molecule has 9 heteroatoms. The average Bonchev–Trinajstić information content (AvgIpc) is 2.70. The maximum Gasteiger partial charge on any atom is 0.272 e. The predicted octanol–water partition coefficient (Wildman–Crippen LogP) is 3.08. The highest BCUT2D eigenvalue weighted by atomic mass is 16.6. The fourth-order valence-corrected chi connectivity index (χ4v) is 2.51. The highest BCUT2D eigenvalue weighted by molar-refractivity contribution is 6.01. The van der Waals surface area contributed by atoms with E-state index >= 15 is 0 Å². The van der Waals surface area contributed by atoms with Crippen molar-refractivity contribution in [1.82, 2.24) is 5.43 Å². The van der Waals surface area contributed by atoms with Crippen LogP contribution in [0.15, 0.2) is 35.4 Å². The van der Waals surface area contributed by atoms with Gasteiger partial charge in [-0.2, -0.15) is 5.10 Å². The van der Waals surface area contributed by atoms with Crippen LogP contribution < -0.4 is 19.6 Å². The fourth-order valence-electron chi connectivity index (χ4n) is 2.51. The predicted molar refractivity (Wildman–Crippen MR) is 104 cm³/mol. The molecular weight excluding hydrogens is 366 g/mol. The Balaban J connectivity index is 2.28. The number of hydrogen-bond donors (Lipinski definition) is 1. The van der Waals surface area contributed by atoms with Crippen LogP contribution in [0, 0.1) is 17.0 Å². The van der Waals surface area contributed by atoms with Crippen LogP contribution in [0.1, 0.15) is 28.4 Å². The minimum Gasteiger partial charge on any atom is -0.493 e. The first-order valence-electron chi connectivity index (χ1n) is 8.22. The molecular formula is C19H21N3O6. The minimum absolute atomic E-state index is 0.0111. The van der Waals surface area contributed by atoms with E-state index < -0.39 is 10.8 Å². The Morgan fingerprint density at radius 2 is 1.64 bits per heavy atom. The van der Waals surface area contributed by atoms with E-state index in [4.69, 9.17) is 14.2 Å². The molecule has 148 valence electrons. The number of rotatable bonds is 7. The Bertz CT molecular complexity index is 914. The van der Waals surface area contributed by atoms with Gasteiger partial charge in [-0.15, -0.1) is 0 Å². The smallest absolute Gasteiger partial charge is 0.272 e. The molecule has 2 aromatic rings. The first kappa shape index (κ1) is 20.7. The van der Waals surface area contributed by atoms with E-state index in [1.54, 1.807) is 26.0 Å². The van der Waals surface area contributed by atoms with E-state index in [0.29, 0.717) is 34.1 Å². The molecule has 0 aliphatic heterocycles. The molecule has 28 heavy (non-hydrogen) atoms. The summed E-state index contributed by atoms with van der Waals surface area (Å²) in [4.78, 5) is 23.1. The lowest BCUT2D eigenvalue weighted by molar-refractivity contribution is -0.385. The third-order valence-electron chi connectivity index (χ3n) is 4.08. The first-order valence-corrected chi connectivity index (χ1v) is 8.22. The van der Waals surface area contributed by atoms with Crippen molar-refractivity contribution in [3.8, 4) is 17.2 Å². The van der Waals surface area contributed by atoms with Gasteiger partial charge in [0.05, 0.1) is 32.0 Å². The summed E-state index contributed by atoms with van der Waals surface area (Å²) >= 11 is 0. The van der Waals surface area contributed by atoms with Gasteiger partial charge >= 0.3 is 0 Å². The first-order chi connectivity index (χ1) is 13.3. The van der Waals surface area contributed by atoms with Gasteiger partial charge in [0.25, 0.3) is 11.6 Å². The van der Waals surface area contributed by atoms with Gasteiger partial charge in [0, 0.05) is 22.8 Å². The fraction of sp³-hybridized carbons (Fsp3) is 0.263. The van der Waals surface area contributed by atoms with Crippen LogP contribution in [0.4, 0.5) is 5.69 Å². The molecule has 0 aliphatic carbocycles. The molecule has 0 saturated carbocycles. The molecule has 0 radical (unpaired) electrons. The summed E-state index contributed by atoms with van der Waals surface area (Å²) in [5, 5.41) is 15.1. The Hall–Kier alpha value is -3.62. The quantitative estimate of drug-likeness (QED) is 0.444. The van der Waals surface area contributed by atoms with Gasteiger partial charge in [0.1, 0.15) is 0 Å². The number of benzene rings is 2. The summed E-state index contributed by atoms with van der Waals surface area (Å²) in [7, 11) is 4.37. The monoisotopic (exact) mass is 387 g/mol. The van der Waals surface area contributed by atoms with Crippen molar-refractivity contribution in [1.29, 1.82) is 0 Å². The number of hydrazone groups is 1. The minimum atomic E-state index is -0.500. The van der Waals surface area contributed by atoms with Gasteiger partial charge in [-0.05, 0) is 26.0 Å². The van der Waals surface area contributed by atoms with Gasteiger partial charge in [0.15, 0.2) is 11.5 Å². The molecule has 2 rings (SSSR count). The molecule has 9 nitrogen and oxygen atoms in total. The summed E-state index contributed by atoms with van der Waals surface area (Å²) in [6, 6.07) is 7.75. The number of methoxy groups -OCH3 is 3. The SMILES string of the molecule is COc1cc(C(=O)NN=C(C)c2ccc(C)c([N+](=O)[O-])c2)cc(OC)c1OC. The number of nitrogens with zero attached hydrogens (tertiary/aromatic N) is 2. The number of hydrogen-bond acceptors (Lipinski definition) is 7. The number of ether oxygens (including phenoxy) is 3. The number of nitro benzene ring substituents is 1. The molecule has 0 fully saturated rings. The zero-order chi connectivity index (χ0) is 20.8. The van der Waals surface area contributed by atoms with Crippen LogP contribution in [0.3, 0.4) is 0 Å². The maximum atomic E-state index is 12.5. The van der Waals surface area contributed by atoms with E-state index in [2.05, 4.69) is 10.5 Å². The van der Waals surface area contributed by atoms with Gasteiger partial charge in [-0.25, -0.2) is 5.43 Å². The average molecular weight is 387 g/mol. The van der Waals surface area contributed by atoms with Gasteiger partial charge in [-0.3, -0.25) is 14.9 Å². The van der Waals surface area contributed by atoms with Crippen LogP contribution in [0.2, 0.25) is 0 Å². The molecule has 0 bridgehead atoms. The van der Waals surface area contributed by atoms with Crippen molar-refractivity contribution in [2.75, 3.05) is 21.3 Å². The third-order valence-corrected chi connectivity index (χ3v) is 4.08. The second-order valence-corrected chi connectivity index (χ2v) is 5.81. The molecule has 2 aromatic carbocycles. The van der Waals surface area contributed by atoms with Crippen LogP contribution in [0.5, 0.6) is 17.2 Å². The second-order valence-electron chi connectivity index (χ2n) is 5.81. The van der Waals surface area contributed by atoms with Crippen LogP contribution in [-0.2, 0) is 0 Å². The highest BCUT2D eigenvalue weighted by Gasteiger charge is 2.17. The zero-order valence-electron chi connectivity index (χ0n) is 16.2. The lowest BCUT2D eigenvalue weighted by Crippen LogP contribution is -2.19. The van der Waals surface area contributed by atoms with Crippen molar-refractivity contribution in [3.05, 3.63) is 57.1 Å². The number of carbonyl (C=O) groups excluding carboxylic acids is 1. The van der Waals surface area contributed by atoms with Crippen molar-refractivity contribution >= 4 is 17.3 Å². The Kier molecular flexibility index (Phi) is 6.54. The van der Waals surface area contributed by atoms with E-state index in [0.717, 1.165) is 0 Å². The maximum absolute atomic E-state index is 12.5. The van der Waals surface area contributed by atoms with Crippen molar-refractivity contribution < 1.29 is 23.9 Å². The number of carbonyl (C=O) groups is 1. The van der Waals surface area contributed by atoms with Crippen LogP contribution in [-0.4, -0.2) is 37.9 Å². The number of nitrogens with one attached hydrogen (secondary N) is 1. The Labute approximate surface area is 162 Å². The normalized spacial score (nSPS) is 11.0. The molecule has 0 saturated heterocycles. The van der Waals surface area contributed by atoms with Crippen LogP contribution >= 0.6 is 0 Å². The molecule has 0 spiro atoms. The summed E-state index contributed by atoms with van der Waals surface area (Å²) in [6.45, 7) is 3.30. The number of nitro groups is 1. The van der Waals surface area contributed by atoms with E-state index in [1.807, 2.05) is 0 Å². The van der Waals surface area contributed by atoms with Gasteiger partial charge < -0.3 is 14.2 Å². The van der Waals surface area contributed by atoms with E-state index in [9.17, 15) is 14.9 Å². The largest absolute Gasteiger partial charge is 0.493 e. The van der Waals surface area contributed by atoms with Gasteiger partial charge in [-0.1, -0.05) is 12.1 Å². The Morgan fingerprint density at radius 3 is 2.14 bits per heavy atom. The molecule has 1 amide bonds. The standard InChI is InChI=1S/C19H21N3O6/c1-11-6-7-13(8-15(11)22(24)25)12(2)20-21-19(23)14-9-16(26-3)18(28-5)17(10-14)27-4/h6-10H,1-5H3,(H,21,23). The topological polar surface area (TPSA) is 112 Å². The second kappa shape index (κ2) is 8.85. The third kappa shape index (κ3) is 4.37. The van der Waals surface area contributed by atoms with E-state index in [1.165, 1.54) is 39.5 Å². The van der Waals surface area contributed by atoms with E-state index in [-0.39, 0.29) is 11.3 Å². The molecule has 1 N–H and O–H groups in total. The lowest BCUT2D eigenvalue weighted by Gasteiger charge is -2.13. The molecule has 0 unspecified atom stereocenters. The summed E-state index contributed by atoms with van der Waals surface area (Å²) in [6.07, 6.45) is 0. The Morgan fingerprint density at radius 1 is 1.04 bits per heavy atom. The molecule has 0 atom stereocenters. The molecule has 0 heterocycles. The van der Waals surface area contributed by atoms with Gasteiger partial charge in [0.2, 0.25) is 5.75 Å².